The van der Waals surface area contributed by atoms with Crippen molar-refractivity contribution in [3.63, 3.8) is 0 Å². The largest absolute Gasteiger partial charge is 0.457 e. The lowest BCUT2D eigenvalue weighted by molar-refractivity contribution is -0.301. The maximum Gasteiger partial charge on any atom is 0.397 e. The highest BCUT2D eigenvalue weighted by Crippen LogP contribution is 2.26. The van der Waals surface area contributed by atoms with E-state index in [-0.39, 0.29) is 19.6 Å². The van der Waals surface area contributed by atoms with Gasteiger partial charge in [-0.25, -0.2) is 4.18 Å². The molecule has 1 aliphatic heterocycles. The number of ether oxygens (including phenoxy) is 4. The summed E-state index contributed by atoms with van der Waals surface area (Å²) in [6.45, 7) is 3.86. The number of carbonyl (C=O) groups is 1. The van der Waals surface area contributed by atoms with Gasteiger partial charge in [-0.1, -0.05) is 184 Å². The Bertz CT molecular complexity index is 1380. The summed E-state index contributed by atoms with van der Waals surface area (Å²) < 4.78 is 59.3. The summed E-state index contributed by atoms with van der Waals surface area (Å²) in [4.78, 5) is 12.9. The smallest absolute Gasteiger partial charge is 0.397 e. The Balaban J connectivity index is 2.37. The van der Waals surface area contributed by atoms with E-state index >= 15 is 0 Å². The monoisotopic (exact) mass is 955 g/mol. The standard InChI is InChI=1S/C53H94O12S/c1-3-5-7-9-11-13-15-17-19-21-23-25-27-29-31-33-35-37-39-41-43-61-45-47(46-62-53-51(57)52(65-66(58,59)60)50(56)48(44-54)64-53)63-49(55)42-40-38-36-34-32-30-28-26-24-22-20-18-16-14-12-10-8-6-4-2/h5,7,11,13,17-20,23,25,47-48,50-54,56-57H,3-4,6,8-10,12,14-16,21-22,24,26-46H2,1-2H3,(H,58,59,60)/b7-5-,13-11-,19-17-,20-18-,25-23-. The van der Waals surface area contributed by atoms with E-state index in [9.17, 15) is 33.1 Å². The Kier molecular flexibility index (Phi) is 41.2. The second kappa shape index (κ2) is 44.0. The number of carbonyl (C=O) groups excluding carboxylic acids is 1. The zero-order valence-corrected chi connectivity index (χ0v) is 42.1. The van der Waals surface area contributed by atoms with E-state index in [4.69, 9.17) is 18.9 Å². The van der Waals surface area contributed by atoms with Gasteiger partial charge in [-0.15, -0.1) is 0 Å². The van der Waals surface area contributed by atoms with Gasteiger partial charge in [0.2, 0.25) is 0 Å². The van der Waals surface area contributed by atoms with Crippen molar-refractivity contribution in [1.82, 2.24) is 0 Å². The lowest BCUT2D eigenvalue weighted by atomic mass is 9.99. The number of allylic oxidation sites excluding steroid dienone is 10. The average molecular weight is 955 g/mol. The van der Waals surface area contributed by atoms with Crippen molar-refractivity contribution in [2.24, 2.45) is 0 Å². The number of hydrogen-bond acceptors (Lipinski definition) is 11. The summed E-state index contributed by atoms with van der Waals surface area (Å²) in [6.07, 6.45) is 46.7. The van der Waals surface area contributed by atoms with Crippen molar-refractivity contribution in [3.05, 3.63) is 60.8 Å². The zero-order chi connectivity index (χ0) is 48.2. The Morgan fingerprint density at radius 1 is 0.591 bits per heavy atom. The van der Waals surface area contributed by atoms with Crippen molar-refractivity contribution in [2.45, 2.75) is 243 Å². The molecule has 1 heterocycles. The van der Waals surface area contributed by atoms with Gasteiger partial charge in [0, 0.05) is 13.0 Å². The van der Waals surface area contributed by atoms with Crippen LogP contribution in [0.5, 0.6) is 0 Å². The summed E-state index contributed by atoms with van der Waals surface area (Å²) in [5.74, 6) is -0.406. The molecule has 0 aromatic heterocycles. The number of aliphatic hydroxyl groups excluding tert-OH is 3. The molecule has 13 heteroatoms. The summed E-state index contributed by atoms with van der Waals surface area (Å²) in [5.41, 5.74) is 0. The molecule has 6 unspecified atom stereocenters. The van der Waals surface area contributed by atoms with Crippen LogP contribution in [0.25, 0.3) is 0 Å². The number of hydrogen-bond donors (Lipinski definition) is 4. The van der Waals surface area contributed by atoms with Crippen LogP contribution in [-0.4, -0.2) is 97.5 Å². The third-order valence-corrected chi connectivity index (χ3v) is 12.1. The van der Waals surface area contributed by atoms with Crippen LogP contribution >= 0.6 is 0 Å². The quantitative estimate of drug-likeness (QED) is 0.0197. The first kappa shape index (κ1) is 61.8. The fraction of sp³-hybridized carbons (Fsp3) is 0.792. The second-order valence-corrected chi connectivity index (χ2v) is 18.8. The third kappa shape index (κ3) is 36.8. The molecule has 0 aromatic carbocycles. The van der Waals surface area contributed by atoms with Crippen molar-refractivity contribution in [1.29, 1.82) is 0 Å². The van der Waals surface area contributed by atoms with Crippen molar-refractivity contribution < 1.29 is 56.2 Å². The highest BCUT2D eigenvalue weighted by Gasteiger charge is 2.48. The summed E-state index contributed by atoms with van der Waals surface area (Å²) in [7, 11) is -5.07. The van der Waals surface area contributed by atoms with Gasteiger partial charge in [0.15, 0.2) is 6.29 Å². The highest BCUT2D eigenvalue weighted by atomic mass is 32.3. The zero-order valence-electron chi connectivity index (χ0n) is 41.2. The molecule has 384 valence electrons. The molecule has 6 atom stereocenters. The molecular formula is C53H94O12S. The number of aliphatic hydroxyl groups is 3. The molecule has 0 bridgehead atoms. The molecule has 0 amide bonds. The molecule has 1 saturated heterocycles. The van der Waals surface area contributed by atoms with Crippen molar-refractivity contribution in [2.75, 3.05) is 26.4 Å². The van der Waals surface area contributed by atoms with E-state index in [0.717, 1.165) is 77.0 Å². The summed E-state index contributed by atoms with van der Waals surface area (Å²) in [5, 5.41) is 30.8. The van der Waals surface area contributed by atoms with Gasteiger partial charge in [0.1, 0.15) is 30.5 Å². The fourth-order valence-corrected chi connectivity index (χ4v) is 8.23. The molecule has 1 rings (SSSR count). The molecule has 1 aliphatic rings. The van der Waals surface area contributed by atoms with Gasteiger partial charge in [0.05, 0.1) is 19.8 Å². The van der Waals surface area contributed by atoms with Crippen LogP contribution in [0.1, 0.15) is 206 Å². The van der Waals surface area contributed by atoms with Crippen LogP contribution in [0.3, 0.4) is 0 Å². The van der Waals surface area contributed by atoms with E-state index < -0.39 is 59.8 Å². The number of unbranched alkanes of at least 4 members (excludes halogenated alkanes) is 22. The second-order valence-electron chi connectivity index (χ2n) is 17.7. The molecule has 0 aromatic rings. The molecule has 1 fully saturated rings. The van der Waals surface area contributed by atoms with Crippen LogP contribution in [0, 0.1) is 0 Å². The van der Waals surface area contributed by atoms with E-state index in [1.54, 1.807) is 0 Å². The molecule has 0 spiro atoms. The highest BCUT2D eigenvalue weighted by molar-refractivity contribution is 7.80. The topological polar surface area (TPSA) is 178 Å². The molecule has 66 heavy (non-hydrogen) atoms. The normalized spacial score (nSPS) is 20.0. The van der Waals surface area contributed by atoms with Gasteiger partial charge < -0.3 is 34.3 Å². The lowest BCUT2D eigenvalue weighted by Gasteiger charge is -2.41. The van der Waals surface area contributed by atoms with E-state index in [1.165, 1.54) is 103 Å². The van der Waals surface area contributed by atoms with Crippen LogP contribution in [-0.2, 0) is 38.3 Å². The Labute approximate surface area is 401 Å². The summed E-state index contributed by atoms with van der Waals surface area (Å²) >= 11 is 0. The van der Waals surface area contributed by atoms with Crippen LogP contribution < -0.4 is 0 Å². The molecule has 12 nitrogen and oxygen atoms in total. The van der Waals surface area contributed by atoms with Gasteiger partial charge >= 0.3 is 16.4 Å². The van der Waals surface area contributed by atoms with Crippen molar-refractivity contribution >= 4 is 16.4 Å². The van der Waals surface area contributed by atoms with Gasteiger partial charge in [0.25, 0.3) is 0 Å². The lowest BCUT2D eigenvalue weighted by Crippen LogP contribution is -2.60. The van der Waals surface area contributed by atoms with Gasteiger partial charge in [-0.05, 0) is 77.0 Å². The Hall–Kier alpha value is -2.20. The Morgan fingerprint density at radius 2 is 1.05 bits per heavy atom. The minimum Gasteiger partial charge on any atom is -0.457 e. The summed E-state index contributed by atoms with van der Waals surface area (Å²) in [6, 6.07) is 0. The maximum absolute atomic E-state index is 12.9. The predicted molar refractivity (Wildman–Crippen MR) is 266 cm³/mol. The average Bonchev–Trinajstić information content (AvgIpc) is 3.29. The molecule has 0 radical (unpaired) electrons. The van der Waals surface area contributed by atoms with Gasteiger partial charge in [-0.2, -0.15) is 8.42 Å². The van der Waals surface area contributed by atoms with Crippen LogP contribution in [0.15, 0.2) is 60.8 Å². The Morgan fingerprint density at radius 3 is 1.55 bits per heavy atom. The molecule has 0 aliphatic carbocycles. The SMILES string of the molecule is CC/C=C\C/C=C\C/C=C\C/C=C\CCCCCCCCCOCC(COC1OC(CO)C(O)C(OS(=O)(=O)O)C1O)OC(=O)CCCCCCCCCCC/C=C\CCCCCCCC. The first-order valence-corrected chi connectivity index (χ1v) is 27.4. The first-order chi connectivity index (χ1) is 32.1. The maximum atomic E-state index is 12.9. The number of rotatable bonds is 45. The van der Waals surface area contributed by atoms with E-state index in [0.29, 0.717) is 13.0 Å². The molecule has 0 saturated carbocycles. The predicted octanol–water partition coefficient (Wildman–Crippen LogP) is 12.1. The molecular weight excluding hydrogens is 861 g/mol. The van der Waals surface area contributed by atoms with E-state index in [1.807, 2.05) is 0 Å². The minimum absolute atomic E-state index is 0.0261. The van der Waals surface area contributed by atoms with Crippen molar-refractivity contribution in [3.8, 4) is 0 Å². The van der Waals surface area contributed by atoms with Crippen LogP contribution in [0.2, 0.25) is 0 Å². The number of esters is 1. The van der Waals surface area contributed by atoms with Gasteiger partial charge in [-0.3, -0.25) is 9.35 Å². The molecule has 4 N–H and O–H groups in total. The minimum atomic E-state index is -5.07. The fourth-order valence-electron chi connectivity index (χ4n) is 7.72. The van der Waals surface area contributed by atoms with E-state index in [2.05, 4.69) is 78.8 Å². The third-order valence-electron chi connectivity index (χ3n) is 11.6. The first-order valence-electron chi connectivity index (χ1n) is 26.0. The van der Waals surface area contributed by atoms with Crippen LogP contribution in [0.4, 0.5) is 0 Å².